The van der Waals surface area contributed by atoms with Gasteiger partial charge in [-0.25, -0.2) is 0 Å². The summed E-state index contributed by atoms with van der Waals surface area (Å²) >= 11 is 7.16. The van der Waals surface area contributed by atoms with Crippen LogP contribution in [0.3, 0.4) is 0 Å². The monoisotopic (exact) mass is 302 g/mol. The first-order valence-electron chi connectivity index (χ1n) is 5.52. The van der Waals surface area contributed by atoms with E-state index in [-0.39, 0.29) is 24.1 Å². The Morgan fingerprint density at radius 3 is 2.89 bits per heavy atom. The van der Waals surface area contributed by atoms with Crippen LogP contribution in [-0.2, 0) is 14.3 Å². The zero-order valence-corrected chi connectivity index (χ0v) is 12.0. The molecule has 3 N–H and O–H groups in total. The maximum atomic E-state index is 11.7. The van der Waals surface area contributed by atoms with Crippen LogP contribution in [0.5, 0.6) is 0 Å². The molecule has 1 aromatic carbocycles. The van der Waals surface area contributed by atoms with Crippen LogP contribution < -0.4 is 11.1 Å². The second kappa shape index (κ2) is 7.91. The molecule has 0 aliphatic heterocycles. The molecule has 0 atom stereocenters. The van der Waals surface area contributed by atoms with Gasteiger partial charge in [0.1, 0.15) is 0 Å². The zero-order valence-electron chi connectivity index (χ0n) is 10.4. The highest BCUT2D eigenvalue weighted by Crippen LogP contribution is 2.23. The minimum Gasteiger partial charge on any atom is -0.468 e. The van der Waals surface area contributed by atoms with E-state index in [9.17, 15) is 9.59 Å². The van der Waals surface area contributed by atoms with Crippen molar-refractivity contribution in [3.8, 4) is 0 Å². The Labute approximate surface area is 120 Å². The quantitative estimate of drug-likeness (QED) is 0.478. The molecule has 0 unspecified atom stereocenters. The molecule has 0 radical (unpaired) electrons. The van der Waals surface area contributed by atoms with E-state index < -0.39 is 0 Å². The standard InChI is InChI=1S/C12H15ClN2O3S/c1-18-12(17)7-19-5-4-11(16)15-10-6-8(13)2-3-9(10)14/h2-3,6H,4-5,7,14H2,1H3,(H,15,16). The predicted molar refractivity (Wildman–Crippen MR) is 78.5 cm³/mol. The number of benzene rings is 1. The number of nitrogens with two attached hydrogens (primary N) is 1. The number of thioether (sulfide) groups is 1. The number of nitrogen functional groups attached to an aromatic ring is 1. The molecule has 0 fully saturated rings. The van der Waals surface area contributed by atoms with Crippen LogP contribution in [0.4, 0.5) is 11.4 Å². The molecule has 1 amide bonds. The first-order chi connectivity index (χ1) is 9.02. The van der Waals surface area contributed by atoms with Crippen LogP contribution >= 0.6 is 23.4 Å². The van der Waals surface area contributed by atoms with E-state index in [0.29, 0.717) is 22.2 Å². The van der Waals surface area contributed by atoms with Gasteiger partial charge in [0.25, 0.3) is 0 Å². The van der Waals surface area contributed by atoms with E-state index in [1.54, 1.807) is 18.2 Å². The number of anilines is 2. The van der Waals surface area contributed by atoms with Gasteiger partial charge in [-0.15, -0.1) is 11.8 Å². The van der Waals surface area contributed by atoms with Gasteiger partial charge in [-0.2, -0.15) is 0 Å². The summed E-state index contributed by atoms with van der Waals surface area (Å²) in [5.74, 6) is 0.292. The van der Waals surface area contributed by atoms with Gasteiger partial charge in [0.2, 0.25) is 5.91 Å². The van der Waals surface area contributed by atoms with Crippen LogP contribution in [-0.4, -0.2) is 30.5 Å². The molecule has 0 saturated heterocycles. The number of carbonyl (C=O) groups excluding carboxylic acids is 2. The summed E-state index contributed by atoms with van der Waals surface area (Å²) in [5.41, 5.74) is 6.66. The van der Waals surface area contributed by atoms with Gasteiger partial charge in [-0.3, -0.25) is 9.59 Å². The number of methoxy groups -OCH3 is 1. The minimum atomic E-state index is -0.301. The number of esters is 1. The van der Waals surface area contributed by atoms with E-state index in [0.717, 1.165) is 0 Å². The molecule has 0 bridgehead atoms. The fourth-order valence-corrected chi connectivity index (χ4v) is 2.16. The van der Waals surface area contributed by atoms with Gasteiger partial charge in [-0.1, -0.05) is 11.6 Å². The summed E-state index contributed by atoms with van der Waals surface area (Å²) in [4.78, 5) is 22.5. The molecular formula is C12H15ClN2O3S. The average Bonchev–Trinajstić information content (AvgIpc) is 2.38. The van der Waals surface area contributed by atoms with Crippen molar-refractivity contribution in [3.63, 3.8) is 0 Å². The maximum absolute atomic E-state index is 11.7. The van der Waals surface area contributed by atoms with Gasteiger partial charge in [0, 0.05) is 17.2 Å². The summed E-state index contributed by atoms with van der Waals surface area (Å²) < 4.78 is 4.49. The Hall–Kier alpha value is -1.40. The molecular weight excluding hydrogens is 288 g/mol. The molecule has 104 valence electrons. The topological polar surface area (TPSA) is 81.4 Å². The highest BCUT2D eigenvalue weighted by molar-refractivity contribution is 7.99. The highest BCUT2D eigenvalue weighted by atomic mass is 35.5. The molecule has 0 aliphatic rings. The van der Waals surface area contributed by atoms with E-state index in [4.69, 9.17) is 17.3 Å². The highest BCUT2D eigenvalue weighted by Gasteiger charge is 2.07. The number of ether oxygens (including phenoxy) is 1. The van der Waals surface area contributed by atoms with Crippen molar-refractivity contribution in [2.45, 2.75) is 6.42 Å². The van der Waals surface area contributed by atoms with Crippen molar-refractivity contribution < 1.29 is 14.3 Å². The number of amides is 1. The van der Waals surface area contributed by atoms with E-state index in [2.05, 4.69) is 10.1 Å². The SMILES string of the molecule is COC(=O)CSCCC(=O)Nc1cc(Cl)ccc1N. The van der Waals surface area contributed by atoms with E-state index in [1.807, 2.05) is 0 Å². The lowest BCUT2D eigenvalue weighted by Gasteiger charge is -2.08. The number of carbonyl (C=O) groups is 2. The molecule has 7 heteroatoms. The van der Waals surface area contributed by atoms with Crippen LogP contribution in [0.15, 0.2) is 18.2 Å². The Kier molecular flexibility index (Phi) is 6.52. The van der Waals surface area contributed by atoms with Gasteiger partial charge in [0.05, 0.1) is 24.2 Å². The molecule has 0 aromatic heterocycles. The predicted octanol–water partition coefficient (Wildman–Crippen LogP) is 2.16. The maximum Gasteiger partial charge on any atom is 0.315 e. The van der Waals surface area contributed by atoms with Crippen LogP contribution in [0, 0.1) is 0 Å². The number of hydrogen-bond acceptors (Lipinski definition) is 5. The summed E-state index contributed by atoms with van der Waals surface area (Å²) in [6.45, 7) is 0. The third-order valence-electron chi connectivity index (χ3n) is 2.21. The Morgan fingerprint density at radius 2 is 2.21 bits per heavy atom. The second-order valence-corrected chi connectivity index (χ2v) is 5.20. The third-order valence-corrected chi connectivity index (χ3v) is 3.38. The van der Waals surface area contributed by atoms with E-state index in [1.165, 1.54) is 18.9 Å². The molecule has 1 aromatic rings. The van der Waals surface area contributed by atoms with Crippen molar-refractivity contribution >= 4 is 46.6 Å². The summed E-state index contributed by atoms with van der Waals surface area (Å²) in [5, 5.41) is 3.18. The molecule has 0 aliphatic carbocycles. The van der Waals surface area contributed by atoms with Crippen molar-refractivity contribution in [2.75, 3.05) is 29.7 Å². The Morgan fingerprint density at radius 1 is 1.47 bits per heavy atom. The number of rotatable bonds is 6. The molecule has 5 nitrogen and oxygen atoms in total. The van der Waals surface area contributed by atoms with Gasteiger partial charge in [0.15, 0.2) is 0 Å². The Balaban J connectivity index is 2.35. The fraction of sp³-hybridized carbons (Fsp3) is 0.333. The lowest BCUT2D eigenvalue weighted by molar-refractivity contribution is -0.137. The van der Waals surface area contributed by atoms with Crippen LogP contribution in [0.1, 0.15) is 6.42 Å². The minimum absolute atomic E-state index is 0.175. The lowest BCUT2D eigenvalue weighted by Crippen LogP contribution is -2.14. The Bertz CT molecular complexity index is 468. The van der Waals surface area contributed by atoms with Crippen molar-refractivity contribution in [2.24, 2.45) is 0 Å². The first-order valence-corrected chi connectivity index (χ1v) is 7.05. The van der Waals surface area contributed by atoms with Gasteiger partial charge < -0.3 is 15.8 Å². The van der Waals surface area contributed by atoms with Crippen molar-refractivity contribution in [1.29, 1.82) is 0 Å². The lowest BCUT2D eigenvalue weighted by atomic mass is 10.2. The normalized spacial score (nSPS) is 10.0. The average molecular weight is 303 g/mol. The van der Waals surface area contributed by atoms with Gasteiger partial charge in [-0.05, 0) is 18.2 Å². The number of hydrogen-bond donors (Lipinski definition) is 2. The summed E-state index contributed by atoms with van der Waals surface area (Å²) in [6, 6.07) is 4.87. The van der Waals surface area contributed by atoms with Crippen LogP contribution in [0.2, 0.25) is 5.02 Å². The third kappa shape index (κ3) is 5.85. The van der Waals surface area contributed by atoms with E-state index >= 15 is 0 Å². The molecule has 19 heavy (non-hydrogen) atoms. The molecule has 0 spiro atoms. The molecule has 1 rings (SSSR count). The van der Waals surface area contributed by atoms with Gasteiger partial charge >= 0.3 is 5.97 Å². The number of nitrogens with one attached hydrogen (secondary N) is 1. The smallest absolute Gasteiger partial charge is 0.315 e. The fourth-order valence-electron chi connectivity index (χ4n) is 1.23. The van der Waals surface area contributed by atoms with Crippen molar-refractivity contribution in [1.82, 2.24) is 0 Å². The summed E-state index contributed by atoms with van der Waals surface area (Å²) in [7, 11) is 1.33. The summed E-state index contributed by atoms with van der Waals surface area (Å²) in [6.07, 6.45) is 0.285. The molecule has 0 heterocycles. The first kappa shape index (κ1) is 15.7. The zero-order chi connectivity index (χ0) is 14.3. The molecule has 0 saturated carbocycles. The van der Waals surface area contributed by atoms with Crippen LogP contribution in [0.25, 0.3) is 0 Å². The second-order valence-electron chi connectivity index (χ2n) is 3.66. The largest absolute Gasteiger partial charge is 0.468 e. The van der Waals surface area contributed by atoms with Crippen molar-refractivity contribution in [3.05, 3.63) is 23.2 Å². The number of halogens is 1.